The lowest BCUT2D eigenvalue weighted by Crippen LogP contribution is -2.61. The number of ketones is 1. The molecule has 2 N–H and O–H groups in total. The van der Waals surface area contributed by atoms with Gasteiger partial charge in [0.2, 0.25) is 0 Å². The Balaban J connectivity index is 1.65. The van der Waals surface area contributed by atoms with Gasteiger partial charge >= 0.3 is 5.97 Å². The van der Waals surface area contributed by atoms with E-state index in [0.717, 1.165) is 24.8 Å². The number of esters is 1. The number of carbonyl (C=O) groups excluding carboxylic acids is 2. The molecule has 0 amide bonds. The number of aliphatic hydroxyl groups excluding tert-OH is 1. The van der Waals surface area contributed by atoms with Crippen LogP contribution in [0.2, 0.25) is 0 Å². The molecule has 0 saturated heterocycles. The molecule has 0 heterocycles. The van der Waals surface area contributed by atoms with Gasteiger partial charge in [0.1, 0.15) is 6.10 Å². The van der Waals surface area contributed by atoms with Crippen LogP contribution in [0.15, 0.2) is 23.8 Å². The van der Waals surface area contributed by atoms with Crippen molar-refractivity contribution in [3.05, 3.63) is 23.8 Å². The first-order valence-corrected chi connectivity index (χ1v) is 11.9. The van der Waals surface area contributed by atoms with Gasteiger partial charge in [0, 0.05) is 29.1 Å². The van der Waals surface area contributed by atoms with Crippen LogP contribution >= 0.6 is 0 Å². The summed E-state index contributed by atoms with van der Waals surface area (Å²) in [5.41, 5.74) is -1.33. The Morgan fingerprint density at radius 3 is 2.61 bits per heavy atom. The molecular weight excluding hydrogens is 392 g/mol. The maximum absolute atomic E-state index is 12.5. The second kappa shape index (κ2) is 7.28. The summed E-state index contributed by atoms with van der Waals surface area (Å²) in [5.74, 6) is 0.0570. The summed E-state index contributed by atoms with van der Waals surface area (Å²) in [6.45, 7) is 9.73. The zero-order chi connectivity index (χ0) is 22.8. The fourth-order valence-electron chi connectivity index (χ4n) is 7.30. The molecule has 0 aromatic carbocycles. The summed E-state index contributed by atoms with van der Waals surface area (Å²) in [4.78, 5) is 24.5. The Morgan fingerprint density at radius 2 is 1.97 bits per heavy atom. The number of carbonyl (C=O) groups is 2. The molecule has 2 fully saturated rings. The van der Waals surface area contributed by atoms with Gasteiger partial charge in [-0.1, -0.05) is 19.1 Å². The van der Waals surface area contributed by atoms with Crippen molar-refractivity contribution in [3.63, 3.8) is 0 Å². The third-order valence-corrected chi connectivity index (χ3v) is 9.26. The number of fused-ring (bicyclic) bond motifs is 5. The van der Waals surface area contributed by atoms with Gasteiger partial charge in [0.15, 0.2) is 5.78 Å². The highest BCUT2D eigenvalue weighted by atomic mass is 16.5. The van der Waals surface area contributed by atoms with E-state index in [1.165, 1.54) is 0 Å². The Morgan fingerprint density at radius 1 is 1.26 bits per heavy atom. The number of rotatable bonds is 3. The summed E-state index contributed by atoms with van der Waals surface area (Å²) in [5, 5.41) is 22.7. The van der Waals surface area contributed by atoms with Crippen LogP contribution in [-0.4, -0.2) is 40.3 Å². The second-order valence-corrected chi connectivity index (χ2v) is 11.8. The fraction of sp³-hybridized carbons (Fsp3) is 0.769. The minimum absolute atomic E-state index is 0.00738. The quantitative estimate of drug-likeness (QED) is 0.662. The van der Waals surface area contributed by atoms with Gasteiger partial charge in [0.25, 0.3) is 0 Å². The van der Waals surface area contributed by atoms with E-state index in [0.29, 0.717) is 19.3 Å². The van der Waals surface area contributed by atoms with Crippen LogP contribution in [-0.2, 0) is 14.3 Å². The second-order valence-electron chi connectivity index (χ2n) is 11.8. The average molecular weight is 431 g/mol. The minimum atomic E-state index is -0.908. The smallest absolute Gasteiger partial charge is 0.311 e. The molecule has 7 atom stereocenters. The summed E-state index contributed by atoms with van der Waals surface area (Å²) in [6.07, 6.45) is 9.81. The molecule has 0 unspecified atom stereocenters. The monoisotopic (exact) mass is 430 g/mol. The number of aliphatic hydroxyl groups is 2. The molecule has 2 saturated carbocycles. The highest BCUT2D eigenvalue weighted by Crippen LogP contribution is 2.67. The molecule has 0 aromatic heterocycles. The van der Waals surface area contributed by atoms with Gasteiger partial charge in [-0.05, 0) is 77.4 Å². The van der Waals surface area contributed by atoms with Crippen molar-refractivity contribution in [1.29, 1.82) is 0 Å². The van der Waals surface area contributed by atoms with E-state index < -0.39 is 16.4 Å². The first kappa shape index (κ1) is 22.7. The molecule has 0 aromatic rings. The van der Waals surface area contributed by atoms with Crippen LogP contribution in [0.1, 0.15) is 73.1 Å². The maximum Gasteiger partial charge on any atom is 0.311 e. The predicted octanol–water partition coefficient (Wildman–Crippen LogP) is 3.98. The third-order valence-electron chi connectivity index (χ3n) is 9.26. The molecule has 4 aliphatic carbocycles. The highest BCUT2D eigenvalue weighted by molar-refractivity contribution is 5.92. The first-order valence-electron chi connectivity index (χ1n) is 11.9. The van der Waals surface area contributed by atoms with Gasteiger partial charge in [-0.15, -0.1) is 0 Å². The lowest BCUT2D eigenvalue weighted by molar-refractivity contribution is -0.186. The van der Waals surface area contributed by atoms with Gasteiger partial charge in [0.05, 0.1) is 17.6 Å². The number of hydrogen-bond donors (Lipinski definition) is 2. The van der Waals surface area contributed by atoms with Gasteiger partial charge in [-0.2, -0.15) is 0 Å². The number of hydrogen-bond acceptors (Lipinski definition) is 5. The Bertz CT molecular complexity index is 835. The molecule has 0 bridgehead atoms. The van der Waals surface area contributed by atoms with Crippen molar-refractivity contribution in [2.45, 2.75) is 84.8 Å². The Labute approximate surface area is 185 Å². The molecule has 0 radical (unpaired) electrons. The summed E-state index contributed by atoms with van der Waals surface area (Å²) in [7, 11) is 0. The Kier molecular flexibility index (Phi) is 5.33. The lowest BCUT2D eigenvalue weighted by Gasteiger charge is -2.60. The maximum atomic E-state index is 12.5. The Hall–Kier alpha value is -1.46. The molecule has 5 heteroatoms. The molecule has 4 aliphatic rings. The van der Waals surface area contributed by atoms with Crippen LogP contribution < -0.4 is 0 Å². The van der Waals surface area contributed by atoms with Crippen LogP contribution in [0.25, 0.3) is 0 Å². The van der Waals surface area contributed by atoms with Crippen molar-refractivity contribution in [1.82, 2.24) is 0 Å². The average Bonchev–Trinajstić information content (AvgIpc) is 2.98. The van der Waals surface area contributed by atoms with Crippen LogP contribution in [0.3, 0.4) is 0 Å². The van der Waals surface area contributed by atoms with Crippen LogP contribution in [0.5, 0.6) is 0 Å². The van der Waals surface area contributed by atoms with Crippen molar-refractivity contribution in [2.24, 2.45) is 34.0 Å². The van der Waals surface area contributed by atoms with Crippen LogP contribution in [0, 0.1) is 34.0 Å². The number of ether oxygens (including phenoxy) is 1. The first-order chi connectivity index (χ1) is 14.4. The van der Waals surface area contributed by atoms with Gasteiger partial charge < -0.3 is 14.9 Å². The normalized spacial score (nSPS) is 42.9. The van der Waals surface area contributed by atoms with E-state index in [1.54, 1.807) is 6.08 Å². The van der Waals surface area contributed by atoms with Crippen molar-refractivity contribution in [3.8, 4) is 0 Å². The van der Waals surface area contributed by atoms with E-state index in [1.807, 2.05) is 33.8 Å². The SMILES string of the molecule is C[C@H](OC(=O)C(C)(C)C)[C@H]1CC[C@]2(O)[C@@H]3C=CC4=CC(=O)CC[C@]4(CO)[C@H]3CC[C@]12C. The molecule has 31 heavy (non-hydrogen) atoms. The fourth-order valence-corrected chi connectivity index (χ4v) is 7.30. The van der Waals surface area contributed by atoms with Gasteiger partial charge in [-0.25, -0.2) is 0 Å². The molecule has 0 spiro atoms. The number of allylic oxidation sites excluding steroid dienone is 2. The summed E-state index contributed by atoms with van der Waals surface area (Å²) in [6, 6.07) is 0. The predicted molar refractivity (Wildman–Crippen MR) is 118 cm³/mol. The molecule has 4 rings (SSSR count). The third kappa shape index (κ3) is 3.18. The largest absolute Gasteiger partial charge is 0.462 e. The van der Waals surface area contributed by atoms with Crippen LogP contribution in [0.4, 0.5) is 0 Å². The van der Waals surface area contributed by atoms with Gasteiger partial charge in [-0.3, -0.25) is 9.59 Å². The van der Waals surface area contributed by atoms with E-state index in [-0.39, 0.29) is 47.6 Å². The zero-order valence-electron chi connectivity index (χ0n) is 19.6. The molecule has 172 valence electrons. The van der Waals surface area contributed by atoms with Crippen molar-refractivity contribution in [2.75, 3.05) is 6.61 Å². The topological polar surface area (TPSA) is 83.8 Å². The lowest BCUT2D eigenvalue weighted by atomic mass is 9.46. The summed E-state index contributed by atoms with van der Waals surface area (Å²) >= 11 is 0. The van der Waals surface area contributed by atoms with E-state index in [2.05, 4.69) is 13.0 Å². The van der Waals surface area contributed by atoms with E-state index >= 15 is 0 Å². The minimum Gasteiger partial charge on any atom is -0.462 e. The van der Waals surface area contributed by atoms with E-state index in [4.69, 9.17) is 4.74 Å². The van der Waals surface area contributed by atoms with Crippen molar-refractivity contribution >= 4 is 11.8 Å². The molecule has 0 aliphatic heterocycles. The summed E-state index contributed by atoms with van der Waals surface area (Å²) < 4.78 is 5.88. The van der Waals surface area contributed by atoms with Crippen molar-refractivity contribution < 1.29 is 24.5 Å². The van der Waals surface area contributed by atoms with E-state index in [9.17, 15) is 19.8 Å². The molecule has 5 nitrogen and oxygen atoms in total. The standard InChI is InChI=1S/C26H38O5/c1-16(31-22(29)23(2,3)4)19-10-13-26(30)21-7-6-17-14-18(28)8-12-25(17,15-27)20(21)9-11-24(19,26)5/h6-7,14,16,19-21,27,30H,8-13,15H2,1-5H3/t16-,19+,20-,21+,24+,25+,26-/m0/s1. The zero-order valence-corrected chi connectivity index (χ0v) is 19.6. The highest BCUT2D eigenvalue weighted by Gasteiger charge is 2.67. The molecular formula is C26H38O5.